The lowest BCUT2D eigenvalue weighted by atomic mass is 10.0. The van der Waals surface area contributed by atoms with Gasteiger partial charge in [0, 0.05) is 6.42 Å². The maximum absolute atomic E-state index is 12.9. The van der Waals surface area contributed by atoms with Gasteiger partial charge in [-0.2, -0.15) is 0 Å². The minimum absolute atomic E-state index is 0.0101. The molecule has 0 saturated carbocycles. The lowest BCUT2D eigenvalue weighted by molar-refractivity contribution is -0.870. The summed E-state index contributed by atoms with van der Waals surface area (Å²) in [6, 6.07) is -0.806. The van der Waals surface area contributed by atoms with Gasteiger partial charge in [0.1, 0.15) is 13.2 Å². The van der Waals surface area contributed by atoms with Gasteiger partial charge in [-0.3, -0.25) is 9.36 Å². The molecule has 0 aliphatic rings. The molecule has 2 N–H and O–H groups in total. The second-order valence-electron chi connectivity index (χ2n) is 19.2. The Kier molecular flexibility index (Phi) is 43.5. The Morgan fingerprint density at radius 1 is 0.574 bits per heavy atom. The van der Waals surface area contributed by atoms with Gasteiger partial charge in [0.05, 0.1) is 39.9 Å². The molecule has 0 aliphatic carbocycles. The number of carbonyl (C=O) groups excluding carboxylic acids is 1. The van der Waals surface area contributed by atoms with Crippen LogP contribution in [0.1, 0.15) is 251 Å². The Hall–Kier alpha value is -1.02. The molecule has 0 radical (unpaired) electrons. The fourth-order valence-corrected chi connectivity index (χ4v) is 8.49. The van der Waals surface area contributed by atoms with Crippen molar-refractivity contribution in [2.24, 2.45) is 0 Å². The van der Waals surface area contributed by atoms with Crippen molar-refractivity contribution in [2.45, 2.75) is 264 Å². The Labute approximate surface area is 379 Å². The second-order valence-corrected chi connectivity index (χ2v) is 20.6. The Balaban J connectivity index is 4.17. The number of amides is 1. The SMILES string of the molecule is CCCC/C=C\C/C=C\CCCCCCCC(=O)NC(COP(=O)([O-])OCC[N+](C)(C)C)C(O)CCCCCCCCCCCCCCCCCCCCCCCCCCC. The van der Waals surface area contributed by atoms with E-state index in [0.717, 1.165) is 64.2 Å². The summed E-state index contributed by atoms with van der Waals surface area (Å²) in [4.78, 5) is 25.4. The van der Waals surface area contributed by atoms with Crippen molar-refractivity contribution in [3.8, 4) is 0 Å². The summed E-state index contributed by atoms with van der Waals surface area (Å²) in [5.74, 6) is -0.177. The summed E-state index contributed by atoms with van der Waals surface area (Å²) in [5, 5.41) is 14.0. The predicted octanol–water partition coefficient (Wildman–Crippen LogP) is 14.6. The topological polar surface area (TPSA) is 108 Å². The summed E-state index contributed by atoms with van der Waals surface area (Å²) in [5.41, 5.74) is 0. The number of quaternary nitrogens is 1. The first kappa shape index (κ1) is 60.0. The van der Waals surface area contributed by atoms with E-state index in [1.165, 1.54) is 161 Å². The van der Waals surface area contributed by atoms with E-state index in [-0.39, 0.29) is 19.1 Å². The number of likely N-dealkylation sites (N-methyl/N-ethyl adjacent to an activating group) is 1. The Morgan fingerprint density at radius 3 is 1.41 bits per heavy atom. The molecule has 1 amide bonds. The summed E-state index contributed by atoms with van der Waals surface area (Å²) in [6.45, 7) is 4.69. The van der Waals surface area contributed by atoms with Crippen LogP contribution in [0.4, 0.5) is 0 Å². The van der Waals surface area contributed by atoms with Gasteiger partial charge in [-0.15, -0.1) is 0 Å². The fraction of sp³-hybridized carbons (Fsp3) is 0.904. The third kappa shape index (κ3) is 46.8. The Morgan fingerprint density at radius 2 is 0.967 bits per heavy atom. The first-order valence-electron chi connectivity index (χ1n) is 26.2. The lowest BCUT2D eigenvalue weighted by Crippen LogP contribution is -2.46. The maximum atomic E-state index is 12.9. The van der Waals surface area contributed by atoms with Gasteiger partial charge in [-0.25, -0.2) is 0 Å². The Bertz CT molecular complexity index is 1050. The van der Waals surface area contributed by atoms with Gasteiger partial charge in [-0.05, 0) is 38.5 Å². The molecular formula is C52H103N2O6P. The molecule has 0 saturated heterocycles. The zero-order valence-corrected chi connectivity index (χ0v) is 42.0. The van der Waals surface area contributed by atoms with Crippen LogP contribution >= 0.6 is 7.82 Å². The van der Waals surface area contributed by atoms with Crippen LogP contribution in [0.15, 0.2) is 24.3 Å². The molecule has 61 heavy (non-hydrogen) atoms. The molecule has 8 nitrogen and oxygen atoms in total. The summed E-state index contributed by atoms with van der Waals surface area (Å²) >= 11 is 0. The number of phosphoric acid groups is 1. The van der Waals surface area contributed by atoms with Crippen molar-refractivity contribution < 1.29 is 32.9 Å². The predicted molar refractivity (Wildman–Crippen MR) is 261 cm³/mol. The van der Waals surface area contributed by atoms with Crippen molar-refractivity contribution in [1.82, 2.24) is 5.32 Å². The highest BCUT2D eigenvalue weighted by atomic mass is 31.2. The highest BCUT2D eigenvalue weighted by molar-refractivity contribution is 7.45. The zero-order valence-electron chi connectivity index (χ0n) is 41.1. The van der Waals surface area contributed by atoms with E-state index < -0.39 is 20.0 Å². The van der Waals surface area contributed by atoms with Crippen LogP contribution in [-0.4, -0.2) is 68.5 Å². The van der Waals surface area contributed by atoms with E-state index in [1.807, 2.05) is 21.1 Å². The molecule has 0 heterocycles. The van der Waals surface area contributed by atoms with E-state index in [2.05, 4.69) is 43.5 Å². The summed E-state index contributed by atoms with van der Waals surface area (Å²) < 4.78 is 23.3. The van der Waals surface area contributed by atoms with Gasteiger partial charge in [0.15, 0.2) is 0 Å². The first-order valence-corrected chi connectivity index (χ1v) is 27.6. The van der Waals surface area contributed by atoms with E-state index in [9.17, 15) is 19.4 Å². The largest absolute Gasteiger partial charge is 0.756 e. The smallest absolute Gasteiger partial charge is 0.268 e. The van der Waals surface area contributed by atoms with Crippen LogP contribution in [0.25, 0.3) is 0 Å². The molecule has 362 valence electrons. The third-order valence-electron chi connectivity index (χ3n) is 11.9. The quantitative estimate of drug-likeness (QED) is 0.0273. The average Bonchev–Trinajstić information content (AvgIpc) is 3.21. The monoisotopic (exact) mass is 883 g/mol. The molecule has 9 heteroatoms. The molecule has 3 unspecified atom stereocenters. The van der Waals surface area contributed by atoms with Crippen LogP contribution < -0.4 is 10.2 Å². The number of nitrogens with one attached hydrogen (secondary N) is 1. The van der Waals surface area contributed by atoms with Crippen LogP contribution in [0, 0.1) is 0 Å². The van der Waals surface area contributed by atoms with Crippen molar-refractivity contribution in [3.63, 3.8) is 0 Å². The standard InChI is InChI=1S/C52H103N2O6P/c1-6-8-10-12-14-16-18-20-22-23-24-25-26-27-28-29-30-31-32-33-35-37-39-41-43-45-51(55)50(49-60-61(57,58)59-48-47-54(3,4)5)53-52(56)46-44-42-40-38-36-34-21-19-17-15-13-11-9-7-2/h13,15,19,21,50-51,55H,6-12,14,16-18,20,22-49H2,1-5H3,(H-,53,56,57,58)/b15-13-,21-19-. The number of unbranched alkanes of at least 4 members (excludes halogenated alkanes) is 31. The van der Waals surface area contributed by atoms with Crippen molar-refractivity contribution in [3.05, 3.63) is 24.3 Å². The second kappa shape index (κ2) is 44.2. The lowest BCUT2D eigenvalue weighted by Gasteiger charge is -2.30. The van der Waals surface area contributed by atoms with E-state index >= 15 is 0 Å². The summed E-state index contributed by atoms with van der Waals surface area (Å²) in [6.07, 6.45) is 53.4. The first-order chi connectivity index (χ1) is 29.5. The maximum Gasteiger partial charge on any atom is 0.268 e. The number of rotatable bonds is 48. The van der Waals surface area contributed by atoms with Crippen molar-refractivity contribution >= 4 is 13.7 Å². The van der Waals surface area contributed by atoms with Gasteiger partial charge in [0.2, 0.25) is 5.91 Å². The molecule has 0 aliphatic heterocycles. The molecule has 0 aromatic carbocycles. The van der Waals surface area contributed by atoms with Gasteiger partial charge < -0.3 is 28.8 Å². The number of carbonyl (C=O) groups is 1. The number of hydrogen-bond acceptors (Lipinski definition) is 6. The van der Waals surface area contributed by atoms with E-state index in [1.54, 1.807) is 0 Å². The highest BCUT2D eigenvalue weighted by Gasteiger charge is 2.24. The number of allylic oxidation sites excluding steroid dienone is 4. The third-order valence-corrected chi connectivity index (χ3v) is 12.9. The van der Waals surface area contributed by atoms with Gasteiger partial charge in [0.25, 0.3) is 7.82 Å². The minimum atomic E-state index is -4.57. The fourth-order valence-electron chi connectivity index (χ4n) is 7.76. The normalized spacial score (nSPS) is 14.3. The number of aliphatic hydroxyl groups is 1. The van der Waals surface area contributed by atoms with Gasteiger partial charge in [-0.1, -0.05) is 231 Å². The minimum Gasteiger partial charge on any atom is -0.756 e. The van der Waals surface area contributed by atoms with Crippen LogP contribution in [0.5, 0.6) is 0 Å². The molecule has 0 spiro atoms. The molecule has 0 bridgehead atoms. The number of aliphatic hydroxyl groups excluding tert-OH is 1. The van der Waals surface area contributed by atoms with Crippen LogP contribution in [-0.2, 0) is 18.4 Å². The van der Waals surface area contributed by atoms with Crippen LogP contribution in [0.2, 0.25) is 0 Å². The molecular weight excluding hydrogens is 780 g/mol. The summed E-state index contributed by atoms with van der Waals surface area (Å²) in [7, 11) is 1.30. The highest BCUT2D eigenvalue weighted by Crippen LogP contribution is 2.38. The van der Waals surface area contributed by atoms with E-state index in [4.69, 9.17) is 9.05 Å². The average molecular weight is 883 g/mol. The molecule has 0 aromatic heterocycles. The molecule has 3 atom stereocenters. The zero-order chi connectivity index (χ0) is 45.0. The molecule has 0 rings (SSSR count). The number of phosphoric ester groups is 1. The van der Waals surface area contributed by atoms with Crippen molar-refractivity contribution in [1.29, 1.82) is 0 Å². The number of nitrogens with zero attached hydrogens (tertiary/aromatic N) is 1. The van der Waals surface area contributed by atoms with Crippen LogP contribution in [0.3, 0.4) is 0 Å². The van der Waals surface area contributed by atoms with Crippen molar-refractivity contribution in [2.75, 3.05) is 40.9 Å². The molecule has 0 fully saturated rings. The van der Waals surface area contributed by atoms with E-state index in [0.29, 0.717) is 23.9 Å². The number of hydrogen-bond donors (Lipinski definition) is 2. The molecule has 0 aromatic rings. The van der Waals surface area contributed by atoms with Gasteiger partial charge >= 0.3 is 0 Å².